The molecule has 0 aliphatic carbocycles. The number of methoxy groups -OCH3 is 1. The topological polar surface area (TPSA) is 21.3 Å². The van der Waals surface area contributed by atoms with Crippen molar-refractivity contribution in [1.29, 1.82) is 0 Å². The van der Waals surface area contributed by atoms with Crippen molar-refractivity contribution < 1.29 is 4.74 Å². The Morgan fingerprint density at radius 3 is 2.75 bits per heavy atom. The number of hydrogen-bond donors (Lipinski definition) is 1. The van der Waals surface area contributed by atoms with Gasteiger partial charge in [-0.2, -0.15) is 0 Å². The number of aryl methyl sites for hydroxylation is 1. The lowest BCUT2D eigenvalue weighted by molar-refractivity contribution is 0.404. The fraction of sp³-hybridized carbons (Fsp3) is 0.333. The molecule has 1 unspecified atom stereocenters. The van der Waals surface area contributed by atoms with Gasteiger partial charge in [-0.05, 0) is 42.6 Å². The second kappa shape index (κ2) is 6.94. The van der Waals surface area contributed by atoms with Crippen LogP contribution in [0.3, 0.4) is 0 Å². The Morgan fingerprint density at radius 2 is 2.20 bits per heavy atom. The quantitative estimate of drug-likeness (QED) is 0.778. The van der Waals surface area contributed by atoms with Crippen LogP contribution in [0, 0.1) is 6.92 Å². The van der Waals surface area contributed by atoms with Crippen LogP contribution in [0.5, 0.6) is 5.75 Å². The Labute approximate surface area is 137 Å². The zero-order chi connectivity index (χ0) is 14.7. The summed E-state index contributed by atoms with van der Waals surface area (Å²) in [6.07, 6.45) is 0. The molecule has 0 spiro atoms. The summed E-state index contributed by atoms with van der Waals surface area (Å²) in [6, 6.07) is 6.13. The normalized spacial score (nSPS) is 12.4. The third-order valence-electron chi connectivity index (χ3n) is 3.14. The van der Waals surface area contributed by atoms with E-state index in [4.69, 9.17) is 16.3 Å². The van der Waals surface area contributed by atoms with E-state index in [0.29, 0.717) is 0 Å². The van der Waals surface area contributed by atoms with Gasteiger partial charge in [-0.3, -0.25) is 0 Å². The summed E-state index contributed by atoms with van der Waals surface area (Å²) in [5, 5.41) is 6.29. The van der Waals surface area contributed by atoms with Crippen molar-refractivity contribution in [2.45, 2.75) is 19.9 Å². The van der Waals surface area contributed by atoms with Gasteiger partial charge >= 0.3 is 0 Å². The first-order chi connectivity index (χ1) is 9.58. The summed E-state index contributed by atoms with van der Waals surface area (Å²) >= 11 is 11.6. The van der Waals surface area contributed by atoms with Gasteiger partial charge in [0.15, 0.2) is 0 Å². The van der Waals surface area contributed by atoms with E-state index in [1.54, 1.807) is 18.4 Å². The van der Waals surface area contributed by atoms with E-state index in [2.05, 4.69) is 41.2 Å². The summed E-state index contributed by atoms with van der Waals surface area (Å²) < 4.78 is 6.62. The first-order valence-electron chi connectivity index (χ1n) is 6.38. The van der Waals surface area contributed by atoms with Crippen LogP contribution in [-0.4, -0.2) is 13.7 Å². The van der Waals surface area contributed by atoms with Crippen LogP contribution in [-0.2, 0) is 0 Å². The lowest BCUT2D eigenvalue weighted by atomic mass is 10.0. The Bertz CT molecular complexity index is 600. The van der Waals surface area contributed by atoms with E-state index < -0.39 is 0 Å². The molecular weight excluding hydrogens is 358 g/mol. The minimum atomic E-state index is 0.0411. The molecule has 0 bridgehead atoms. The third kappa shape index (κ3) is 3.19. The molecule has 1 aromatic heterocycles. The summed E-state index contributed by atoms with van der Waals surface area (Å²) in [4.78, 5) is 1.11. The van der Waals surface area contributed by atoms with E-state index in [9.17, 15) is 0 Å². The molecule has 0 radical (unpaired) electrons. The van der Waals surface area contributed by atoms with Gasteiger partial charge in [0.2, 0.25) is 0 Å². The molecule has 20 heavy (non-hydrogen) atoms. The van der Waals surface area contributed by atoms with Gasteiger partial charge in [0.25, 0.3) is 0 Å². The van der Waals surface area contributed by atoms with Crippen molar-refractivity contribution in [2.24, 2.45) is 0 Å². The Kier molecular flexibility index (Phi) is 5.49. The minimum absolute atomic E-state index is 0.0411. The van der Waals surface area contributed by atoms with Crippen LogP contribution in [0.2, 0.25) is 5.02 Å². The zero-order valence-corrected chi connectivity index (χ0v) is 14.8. The number of nitrogens with one attached hydrogen (secondary N) is 1. The minimum Gasteiger partial charge on any atom is -0.496 e. The van der Waals surface area contributed by atoms with Crippen LogP contribution in [0.25, 0.3) is 0 Å². The van der Waals surface area contributed by atoms with Crippen LogP contribution >= 0.6 is 38.9 Å². The highest BCUT2D eigenvalue weighted by Crippen LogP contribution is 2.38. The van der Waals surface area contributed by atoms with Gasteiger partial charge in [0.05, 0.1) is 18.2 Å². The van der Waals surface area contributed by atoms with Crippen LogP contribution < -0.4 is 10.1 Å². The molecule has 1 aromatic carbocycles. The molecule has 2 rings (SSSR count). The number of thiophene rings is 1. The van der Waals surface area contributed by atoms with Crippen molar-refractivity contribution in [2.75, 3.05) is 13.7 Å². The standard InChI is InChI=1S/C15H17BrClNOS/c1-4-18-14(15-12(17)5-6-20-15)10-8-11(16)9(2)7-13(10)19-3/h5-8,14,18H,4H2,1-3H3. The molecule has 5 heteroatoms. The summed E-state index contributed by atoms with van der Waals surface area (Å²) in [5.74, 6) is 0.876. The smallest absolute Gasteiger partial charge is 0.124 e. The maximum atomic E-state index is 6.30. The molecule has 0 amide bonds. The number of rotatable bonds is 5. The maximum Gasteiger partial charge on any atom is 0.124 e. The Hall–Kier alpha value is -0.550. The number of hydrogen-bond acceptors (Lipinski definition) is 3. The Balaban J connectivity index is 2.55. The van der Waals surface area contributed by atoms with E-state index in [1.807, 2.05) is 17.5 Å². The lowest BCUT2D eigenvalue weighted by Crippen LogP contribution is -2.22. The molecule has 0 saturated carbocycles. The summed E-state index contributed by atoms with van der Waals surface area (Å²) in [5.41, 5.74) is 2.24. The van der Waals surface area contributed by atoms with E-state index >= 15 is 0 Å². The molecule has 0 saturated heterocycles. The molecule has 1 atom stereocenters. The van der Waals surface area contributed by atoms with Gasteiger partial charge in [0, 0.05) is 14.9 Å². The van der Waals surface area contributed by atoms with Crippen LogP contribution in [0.15, 0.2) is 28.1 Å². The number of halogens is 2. The van der Waals surface area contributed by atoms with Crippen molar-refractivity contribution in [3.8, 4) is 5.75 Å². The SMILES string of the molecule is CCNC(c1cc(Br)c(C)cc1OC)c1sccc1Cl. The van der Waals surface area contributed by atoms with Gasteiger partial charge in [-0.15, -0.1) is 11.3 Å². The molecule has 2 nitrogen and oxygen atoms in total. The van der Waals surface area contributed by atoms with Crippen molar-refractivity contribution in [3.05, 3.63) is 49.1 Å². The molecule has 1 heterocycles. The molecule has 2 aromatic rings. The molecule has 0 aliphatic heterocycles. The van der Waals surface area contributed by atoms with E-state index in [1.165, 1.54) is 0 Å². The highest BCUT2D eigenvalue weighted by molar-refractivity contribution is 9.10. The van der Waals surface area contributed by atoms with Crippen molar-refractivity contribution in [1.82, 2.24) is 5.32 Å². The molecule has 0 fully saturated rings. The van der Waals surface area contributed by atoms with Gasteiger partial charge in [0.1, 0.15) is 5.75 Å². The maximum absolute atomic E-state index is 6.30. The van der Waals surface area contributed by atoms with E-state index in [-0.39, 0.29) is 6.04 Å². The Morgan fingerprint density at radius 1 is 1.45 bits per heavy atom. The fourth-order valence-electron chi connectivity index (χ4n) is 2.13. The molecular formula is C15H17BrClNOS. The first-order valence-corrected chi connectivity index (χ1v) is 8.43. The van der Waals surface area contributed by atoms with Gasteiger partial charge in [-0.25, -0.2) is 0 Å². The van der Waals surface area contributed by atoms with Crippen LogP contribution in [0.1, 0.15) is 29.0 Å². The predicted molar refractivity (Wildman–Crippen MR) is 90.3 cm³/mol. The predicted octanol–water partition coefficient (Wildman–Crippen LogP) is 5.18. The van der Waals surface area contributed by atoms with Gasteiger partial charge < -0.3 is 10.1 Å². The third-order valence-corrected chi connectivity index (χ3v) is 5.41. The number of ether oxygens (including phenoxy) is 1. The first kappa shape index (κ1) is 15.8. The molecule has 1 N–H and O–H groups in total. The van der Waals surface area contributed by atoms with E-state index in [0.717, 1.165) is 37.8 Å². The monoisotopic (exact) mass is 373 g/mol. The zero-order valence-electron chi connectivity index (χ0n) is 11.7. The fourth-order valence-corrected chi connectivity index (χ4v) is 3.75. The summed E-state index contributed by atoms with van der Waals surface area (Å²) in [7, 11) is 1.70. The second-order valence-corrected chi connectivity index (χ2v) is 6.68. The average molecular weight is 375 g/mol. The lowest BCUT2D eigenvalue weighted by Gasteiger charge is -2.21. The van der Waals surface area contributed by atoms with Crippen LogP contribution in [0.4, 0.5) is 0 Å². The van der Waals surface area contributed by atoms with Crippen molar-refractivity contribution >= 4 is 38.9 Å². The molecule has 0 aliphatic rings. The summed E-state index contributed by atoms with van der Waals surface area (Å²) in [6.45, 7) is 4.99. The van der Waals surface area contributed by atoms with Crippen molar-refractivity contribution in [3.63, 3.8) is 0 Å². The second-order valence-electron chi connectivity index (χ2n) is 4.47. The largest absolute Gasteiger partial charge is 0.496 e. The average Bonchev–Trinajstić information content (AvgIpc) is 2.85. The number of benzene rings is 1. The molecule has 108 valence electrons. The van der Waals surface area contributed by atoms with Gasteiger partial charge in [-0.1, -0.05) is 34.5 Å². The highest BCUT2D eigenvalue weighted by atomic mass is 79.9. The highest BCUT2D eigenvalue weighted by Gasteiger charge is 2.22.